The standard InChI is InChI=1S/C8H16N2O4/c1-8(2,9)3-6(12)10-5(4-11)7(13)14/h5,11H,3-4,9H2,1-2H3,(H,10,12)(H,13,14)/t5-/m0/s1. The molecule has 0 radical (unpaired) electrons. The van der Waals surface area contributed by atoms with Crippen LogP contribution in [-0.4, -0.2) is 40.3 Å². The second-order valence-electron chi connectivity index (χ2n) is 3.81. The molecule has 0 saturated heterocycles. The van der Waals surface area contributed by atoms with Crippen molar-refractivity contribution in [2.45, 2.75) is 31.8 Å². The Balaban J connectivity index is 4.11. The summed E-state index contributed by atoms with van der Waals surface area (Å²) in [6, 6.07) is -1.26. The van der Waals surface area contributed by atoms with Crippen molar-refractivity contribution in [2.75, 3.05) is 6.61 Å². The zero-order valence-corrected chi connectivity index (χ0v) is 8.28. The summed E-state index contributed by atoms with van der Waals surface area (Å²) in [4.78, 5) is 21.6. The molecule has 0 aliphatic heterocycles. The quantitative estimate of drug-likeness (QED) is 0.443. The Bertz CT molecular complexity index is 222. The third-order valence-electron chi connectivity index (χ3n) is 1.43. The van der Waals surface area contributed by atoms with Gasteiger partial charge in [-0.25, -0.2) is 4.79 Å². The summed E-state index contributed by atoms with van der Waals surface area (Å²) in [6.07, 6.45) is 0.0107. The van der Waals surface area contributed by atoms with Gasteiger partial charge in [0.05, 0.1) is 6.61 Å². The lowest BCUT2D eigenvalue weighted by Gasteiger charge is -2.19. The van der Waals surface area contributed by atoms with Gasteiger partial charge in [-0.3, -0.25) is 4.79 Å². The second kappa shape index (κ2) is 4.92. The SMILES string of the molecule is CC(C)(N)CC(=O)N[C@@H](CO)C(=O)O. The van der Waals surface area contributed by atoms with E-state index in [4.69, 9.17) is 15.9 Å². The Hall–Kier alpha value is -1.14. The van der Waals surface area contributed by atoms with Gasteiger partial charge >= 0.3 is 5.97 Å². The molecule has 0 spiro atoms. The van der Waals surface area contributed by atoms with Crippen molar-refractivity contribution in [1.29, 1.82) is 0 Å². The van der Waals surface area contributed by atoms with Crippen molar-refractivity contribution in [2.24, 2.45) is 5.73 Å². The molecule has 0 aromatic heterocycles. The molecule has 0 saturated carbocycles. The minimum absolute atomic E-state index is 0.0107. The molecule has 1 atom stereocenters. The first-order chi connectivity index (χ1) is 6.26. The summed E-state index contributed by atoms with van der Waals surface area (Å²) in [5.74, 6) is -1.75. The Morgan fingerprint density at radius 3 is 2.29 bits per heavy atom. The van der Waals surface area contributed by atoms with Gasteiger partial charge in [0.15, 0.2) is 0 Å². The third kappa shape index (κ3) is 5.50. The van der Waals surface area contributed by atoms with Crippen LogP contribution in [-0.2, 0) is 9.59 Å². The molecule has 6 nitrogen and oxygen atoms in total. The molecule has 1 amide bonds. The van der Waals surface area contributed by atoms with Crippen molar-refractivity contribution < 1.29 is 19.8 Å². The van der Waals surface area contributed by atoms with E-state index in [1.807, 2.05) is 0 Å². The highest BCUT2D eigenvalue weighted by Crippen LogP contribution is 2.02. The molecule has 0 heterocycles. The highest BCUT2D eigenvalue weighted by molar-refractivity contribution is 5.84. The smallest absolute Gasteiger partial charge is 0.328 e. The van der Waals surface area contributed by atoms with Crippen LogP contribution in [0.5, 0.6) is 0 Å². The highest BCUT2D eigenvalue weighted by Gasteiger charge is 2.22. The first-order valence-electron chi connectivity index (χ1n) is 4.18. The number of aliphatic carboxylic acids is 1. The Morgan fingerprint density at radius 2 is 2.00 bits per heavy atom. The zero-order chi connectivity index (χ0) is 11.4. The van der Waals surface area contributed by atoms with Crippen LogP contribution in [0.25, 0.3) is 0 Å². The van der Waals surface area contributed by atoms with Gasteiger partial charge in [0.2, 0.25) is 5.91 Å². The lowest BCUT2D eigenvalue weighted by Crippen LogP contribution is -2.47. The van der Waals surface area contributed by atoms with Gasteiger partial charge in [-0.2, -0.15) is 0 Å². The molecule has 0 aromatic rings. The summed E-state index contributed by atoms with van der Waals surface area (Å²) in [5, 5.41) is 19.3. The topological polar surface area (TPSA) is 113 Å². The molecular weight excluding hydrogens is 188 g/mol. The summed E-state index contributed by atoms with van der Waals surface area (Å²) in [6.45, 7) is 2.68. The molecule has 0 bridgehead atoms. The number of hydrogen-bond donors (Lipinski definition) is 4. The largest absolute Gasteiger partial charge is 0.480 e. The van der Waals surface area contributed by atoms with Crippen molar-refractivity contribution in [3.63, 3.8) is 0 Å². The van der Waals surface area contributed by atoms with Gasteiger partial charge in [0.25, 0.3) is 0 Å². The lowest BCUT2D eigenvalue weighted by molar-refractivity contribution is -0.143. The minimum Gasteiger partial charge on any atom is -0.480 e. The maximum absolute atomic E-state index is 11.2. The van der Waals surface area contributed by atoms with Gasteiger partial charge < -0.3 is 21.3 Å². The molecule has 0 aromatic carbocycles. The van der Waals surface area contributed by atoms with E-state index < -0.39 is 30.1 Å². The highest BCUT2D eigenvalue weighted by atomic mass is 16.4. The molecule has 5 N–H and O–H groups in total. The molecule has 0 aliphatic rings. The first kappa shape index (κ1) is 12.9. The molecule has 0 rings (SSSR count). The van der Waals surface area contributed by atoms with Crippen molar-refractivity contribution in [1.82, 2.24) is 5.32 Å². The number of aliphatic hydroxyl groups is 1. The molecule has 0 aliphatic carbocycles. The fourth-order valence-corrected chi connectivity index (χ4v) is 0.845. The summed E-state index contributed by atoms with van der Waals surface area (Å²) in [5.41, 5.74) is 4.87. The number of carboxylic acid groups (broad SMARTS) is 1. The van der Waals surface area contributed by atoms with Crippen LogP contribution in [0, 0.1) is 0 Å². The van der Waals surface area contributed by atoms with Gasteiger partial charge in [-0.1, -0.05) is 0 Å². The lowest BCUT2D eigenvalue weighted by atomic mass is 10.0. The second-order valence-corrected chi connectivity index (χ2v) is 3.81. The monoisotopic (exact) mass is 204 g/mol. The normalized spacial score (nSPS) is 13.4. The van der Waals surface area contributed by atoms with Gasteiger partial charge in [-0.15, -0.1) is 0 Å². The van der Waals surface area contributed by atoms with Gasteiger partial charge in [0, 0.05) is 12.0 Å². The average molecular weight is 204 g/mol. The maximum Gasteiger partial charge on any atom is 0.328 e. The number of amides is 1. The van der Waals surface area contributed by atoms with E-state index in [0.29, 0.717) is 0 Å². The van der Waals surface area contributed by atoms with Gasteiger partial charge in [0.1, 0.15) is 6.04 Å². The number of carboxylic acids is 1. The number of aliphatic hydroxyl groups excluding tert-OH is 1. The summed E-state index contributed by atoms with van der Waals surface area (Å²) < 4.78 is 0. The first-order valence-corrected chi connectivity index (χ1v) is 4.18. The van der Waals surface area contributed by atoms with E-state index in [1.54, 1.807) is 13.8 Å². The molecular formula is C8H16N2O4. The minimum atomic E-state index is -1.27. The van der Waals surface area contributed by atoms with E-state index in [2.05, 4.69) is 5.32 Å². The van der Waals surface area contributed by atoms with E-state index in [9.17, 15) is 9.59 Å². The number of nitrogens with one attached hydrogen (secondary N) is 1. The zero-order valence-electron chi connectivity index (χ0n) is 8.28. The Morgan fingerprint density at radius 1 is 1.50 bits per heavy atom. The van der Waals surface area contributed by atoms with Crippen LogP contribution >= 0.6 is 0 Å². The van der Waals surface area contributed by atoms with Crippen LogP contribution in [0.15, 0.2) is 0 Å². The summed E-state index contributed by atoms with van der Waals surface area (Å²) in [7, 11) is 0. The van der Waals surface area contributed by atoms with Crippen molar-refractivity contribution in [3.8, 4) is 0 Å². The van der Waals surface area contributed by atoms with Crippen LogP contribution in [0.1, 0.15) is 20.3 Å². The van der Waals surface area contributed by atoms with Crippen LogP contribution in [0.2, 0.25) is 0 Å². The van der Waals surface area contributed by atoms with Crippen LogP contribution in [0.3, 0.4) is 0 Å². The molecule has 0 unspecified atom stereocenters. The fraction of sp³-hybridized carbons (Fsp3) is 0.750. The predicted octanol–water partition coefficient (Wildman–Crippen LogP) is -1.32. The van der Waals surface area contributed by atoms with Crippen LogP contribution < -0.4 is 11.1 Å². The van der Waals surface area contributed by atoms with E-state index in [-0.39, 0.29) is 6.42 Å². The molecule has 0 fully saturated rings. The Labute approximate surface area is 82.1 Å². The third-order valence-corrected chi connectivity index (χ3v) is 1.43. The number of nitrogens with two attached hydrogens (primary N) is 1. The molecule has 82 valence electrons. The van der Waals surface area contributed by atoms with E-state index in [1.165, 1.54) is 0 Å². The molecule has 6 heteroatoms. The predicted molar refractivity (Wildman–Crippen MR) is 49.5 cm³/mol. The number of rotatable bonds is 5. The fourth-order valence-electron chi connectivity index (χ4n) is 0.845. The Kier molecular flexibility index (Phi) is 4.52. The summed E-state index contributed by atoms with van der Waals surface area (Å²) >= 11 is 0. The number of carbonyl (C=O) groups is 2. The average Bonchev–Trinajstić information content (AvgIpc) is 1.96. The van der Waals surface area contributed by atoms with Crippen LogP contribution in [0.4, 0.5) is 0 Å². The van der Waals surface area contributed by atoms with E-state index >= 15 is 0 Å². The van der Waals surface area contributed by atoms with E-state index in [0.717, 1.165) is 0 Å². The molecule has 14 heavy (non-hydrogen) atoms. The van der Waals surface area contributed by atoms with Crippen molar-refractivity contribution >= 4 is 11.9 Å². The maximum atomic E-state index is 11.2. The number of carbonyl (C=O) groups excluding carboxylic acids is 1. The number of hydrogen-bond acceptors (Lipinski definition) is 4. The van der Waals surface area contributed by atoms with Crippen molar-refractivity contribution in [3.05, 3.63) is 0 Å². The van der Waals surface area contributed by atoms with Gasteiger partial charge in [-0.05, 0) is 13.8 Å².